The number of halogens is 1. The van der Waals surface area contributed by atoms with Crippen LogP contribution in [0.5, 0.6) is 0 Å². The highest BCUT2D eigenvalue weighted by Gasteiger charge is 2.10. The van der Waals surface area contributed by atoms with Crippen LogP contribution in [0.1, 0.15) is 0 Å². The molecule has 0 unspecified atom stereocenters. The Bertz CT molecular complexity index is 724. The van der Waals surface area contributed by atoms with Gasteiger partial charge in [-0.2, -0.15) is 8.42 Å². The molecule has 0 atom stereocenters. The Kier molecular flexibility index (Phi) is 4.12. The van der Waals surface area contributed by atoms with Crippen LogP contribution in [-0.2, 0) is 10.1 Å². The van der Waals surface area contributed by atoms with Crippen molar-refractivity contribution in [1.29, 1.82) is 0 Å². The van der Waals surface area contributed by atoms with Gasteiger partial charge in [-0.3, -0.25) is 9.87 Å². The van der Waals surface area contributed by atoms with E-state index in [0.717, 1.165) is 0 Å². The second-order valence-corrected chi connectivity index (χ2v) is 5.89. The van der Waals surface area contributed by atoms with Gasteiger partial charge in [-0.05, 0) is 46.3 Å². The van der Waals surface area contributed by atoms with E-state index in [9.17, 15) is 13.2 Å². The van der Waals surface area contributed by atoms with Gasteiger partial charge in [0.2, 0.25) is 5.88 Å². The fraction of sp³-hybridized carbons (Fsp3) is 0. The zero-order chi connectivity index (χ0) is 14.8. The number of furan rings is 1. The van der Waals surface area contributed by atoms with Crippen molar-refractivity contribution in [2.45, 2.75) is 4.90 Å². The summed E-state index contributed by atoms with van der Waals surface area (Å²) >= 11 is 3.10. The predicted molar refractivity (Wildman–Crippen MR) is 75.3 cm³/mol. The SMILES string of the molecule is O=C(Nc1ccc(S(=O)(=O)O)cc1)Nc1ccc(Br)o1. The molecule has 20 heavy (non-hydrogen) atoms. The largest absolute Gasteiger partial charge is 0.434 e. The maximum absolute atomic E-state index is 11.6. The average Bonchev–Trinajstić information content (AvgIpc) is 2.74. The highest BCUT2D eigenvalue weighted by atomic mass is 79.9. The molecule has 2 aromatic rings. The van der Waals surface area contributed by atoms with Crippen molar-refractivity contribution in [3.05, 3.63) is 41.1 Å². The van der Waals surface area contributed by atoms with Gasteiger partial charge in [-0.1, -0.05) is 0 Å². The Morgan fingerprint density at radius 3 is 2.25 bits per heavy atom. The Morgan fingerprint density at radius 1 is 1.10 bits per heavy atom. The number of amides is 2. The number of hydrogen-bond acceptors (Lipinski definition) is 4. The molecular formula is C11H9BrN2O5S. The van der Waals surface area contributed by atoms with Gasteiger partial charge in [0, 0.05) is 11.8 Å². The summed E-state index contributed by atoms with van der Waals surface area (Å²) in [5, 5.41) is 4.92. The summed E-state index contributed by atoms with van der Waals surface area (Å²) in [5.41, 5.74) is 0.362. The van der Waals surface area contributed by atoms with E-state index in [1.165, 1.54) is 24.3 Å². The van der Waals surface area contributed by atoms with Gasteiger partial charge in [0.05, 0.1) is 4.90 Å². The molecule has 0 radical (unpaired) electrons. The van der Waals surface area contributed by atoms with Crippen molar-refractivity contribution in [2.24, 2.45) is 0 Å². The van der Waals surface area contributed by atoms with Crippen molar-refractivity contribution in [3.8, 4) is 0 Å². The molecule has 0 saturated heterocycles. The summed E-state index contributed by atoms with van der Waals surface area (Å²) < 4.78 is 36.1. The topological polar surface area (TPSA) is 109 Å². The van der Waals surface area contributed by atoms with Crippen LogP contribution >= 0.6 is 15.9 Å². The lowest BCUT2D eigenvalue weighted by atomic mass is 10.3. The molecule has 1 aromatic carbocycles. The number of anilines is 2. The van der Waals surface area contributed by atoms with Crippen LogP contribution < -0.4 is 10.6 Å². The number of hydrogen-bond donors (Lipinski definition) is 3. The molecule has 0 aliphatic heterocycles. The minimum Gasteiger partial charge on any atom is -0.434 e. The summed E-state index contributed by atoms with van der Waals surface area (Å²) in [4.78, 5) is 11.4. The standard InChI is InChI=1S/C11H9BrN2O5S/c12-9-5-6-10(19-9)14-11(15)13-7-1-3-8(4-2-7)20(16,17)18/h1-6H,(H2,13,14,15)(H,16,17,18). The molecule has 2 amide bonds. The van der Waals surface area contributed by atoms with Crippen LogP contribution in [-0.4, -0.2) is 19.0 Å². The minimum atomic E-state index is -4.24. The molecule has 0 aliphatic rings. The third-order valence-corrected chi connectivity index (χ3v) is 3.51. The fourth-order valence-corrected chi connectivity index (χ4v) is 2.15. The van der Waals surface area contributed by atoms with Crippen molar-refractivity contribution in [3.63, 3.8) is 0 Å². The highest BCUT2D eigenvalue weighted by Crippen LogP contribution is 2.19. The Hall–Kier alpha value is -1.84. The summed E-state index contributed by atoms with van der Waals surface area (Å²) in [5.74, 6) is 0.254. The van der Waals surface area contributed by atoms with Gasteiger partial charge >= 0.3 is 6.03 Å². The molecule has 0 aliphatic carbocycles. The van der Waals surface area contributed by atoms with E-state index >= 15 is 0 Å². The lowest BCUT2D eigenvalue weighted by Gasteiger charge is -2.05. The van der Waals surface area contributed by atoms with Crippen molar-refractivity contribution >= 4 is 43.7 Å². The van der Waals surface area contributed by atoms with Gasteiger partial charge in [-0.15, -0.1) is 0 Å². The van der Waals surface area contributed by atoms with Crippen LogP contribution in [0.4, 0.5) is 16.4 Å². The highest BCUT2D eigenvalue weighted by molar-refractivity contribution is 9.10. The molecule has 0 fully saturated rings. The second-order valence-electron chi connectivity index (χ2n) is 3.68. The van der Waals surface area contributed by atoms with E-state index in [1.54, 1.807) is 12.1 Å². The second kappa shape index (κ2) is 5.65. The smallest absolute Gasteiger partial charge is 0.326 e. The third-order valence-electron chi connectivity index (χ3n) is 2.22. The number of benzene rings is 1. The van der Waals surface area contributed by atoms with Gasteiger partial charge < -0.3 is 9.73 Å². The van der Waals surface area contributed by atoms with E-state index in [0.29, 0.717) is 10.4 Å². The average molecular weight is 361 g/mol. The molecule has 0 bridgehead atoms. The van der Waals surface area contributed by atoms with E-state index in [-0.39, 0.29) is 10.8 Å². The van der Waals surface area contributed by atoms with Gasteiger partial charge in [0.1, 0.15) is 0 Å². The van der Waals surface area contributed by atoms with E-state index in [1.807, 2.05) is 0 Å². The molecule has 106 valence electrons. The molecule has 0 saturated carbocycles. The lowest BCUT2D eigenvalue weighted by Crippen LogP contribution is -2.19. The molecule has 1 heterocycles. The molecule has 1 aromatic heterocycles. The molecule has 0 spiro atoms. The molecule has 3 N–H and O–H groups in total. The van der Waals surface area contributed by atoms with E-state index < -0.39 is 16.1 Å². The Labute approximate surface area is 122 Å². The van der Waals surface area contributed by atoms with E-state index in [2.05, 4.69) is 26.6 Å². The third kappa shape index (κ3) is 3.83. The zero-order valence-electron chi connectivity index (χ0n) is 9.83. The quantitative estimate of drug-likeness (QED) is 0.729. The first-order valence-electron chi connectivity index (χ1n) is 5.25. The maximum atomic E-state index is 11.6. The molecular weight excluding hydrogens is 352 g/mol. The zero-order valence-corrected chi connectivity index (χ0v) is 12.2. The fourth-order valence-electron chi connectivity index (χ4n) is 1.37. The molecule has 7 nitrogen and oxygen atoms in total. The number of carbonyl (C=O) groups is 1. The van der Waals surface area contributed by atoms with Gasteiger partial charge in [0.25, 0.3) is 10.1 Å². The molecule has 2 rings (SSSR count). The van der Waals surface area contributed by atoms with Gasteiger partial charge in [0.15, 0.2) is 4.67 Å². The Morgan fingerprint density at radius 2 is 1.75 bits per heavy atom. The summed E-state index contributed by atoms with van der Waals surface area (Å²) in [6.07, 6.45) is 0. The lowest BCUT2D eigenvalue weighted by molar-refractivity contribution is 0.261. The first-order chi connectivity index (χ1) is 9.34. The van der Waals surface area contributed by atoms with Crippen LogP contribution in [0.15, 0.2) is 50.4 Å². The maximum Gasteiger partial charge on any atom is 0.326 e. The van der Waals surface area contributed by atoms with Crippen LogP contribution in [0, 0.1) is 0 Å². The van der Waals surface area contributed by atoms with Gasteiger partial charge in [-0.25, -0.2) is 4.79 Å². The normalized spacial score (nSPS) is 11.1. The first-order valence-corrected chi connectivity index (χ1v) is 7.49. The Balaban J connectivity index is 2.01. The monoisotopic (exact) mass is 360 g/mol. The first kappa shape index (κ1) is 14.6. The van der Waals surface area contributed by atoms with E-state index in [4.69, 9.17) is 8.97 Å². The van der Waals surface area contributed by atoms with Crippen molar-refractivity contribution in [1.82, 2.24) is 0 Å². The summed E-state index contributed by atoms with van der Waals surface area (Å²) in [7, 11) is -4.24. The number of rotatable bonds is 3. The predicted octanol–water partition coefficient (Wildman–Crippen LogP) is 2.93. The van der Waals surface area contributed by atoms with Crippen molar-refractivity contribution in [2.75, 3.05) is 10.6 Å². The van der Waals surface area contributed by atoms with Crippen LogP contribution in [0.3, 0.4) is 0 Å². The summed E-state index contributed by atoms with van der Waals surface area (Å²) in [6, 6.07) is 7.68. The van der Waals surface area contributed by atoms with Crippen molar-refractivity contribution < 1.29 is 22.2 Å². The molecule has 9 heteroatoms. The minimum absolute atomic E-state index is 0.251. The number of urea groups is 1. The number of carbonyl (C=O) groups excluding carboxylic acids is 1. The summed E-state index contributed by atoms with van der Waals surface area (Å²) in [6.45, 7) is 0. The van der Waals surface area contributed by atoms with Crippen LogP contribution in [0.2, 0.25) is 0 Å². The van der Waals surface area contributed by atoms with Crippen LogP contribution in [0.25, 0.3) is 0 Å². The number of nitrogens with one attached hydrogen (secondary N) is 2.